The molecule has 0 aromatic heterocycles. The van der Waals surface area contributed by atoms with Gasteiger partial charge in [0.2, 0.25) is 0 Å². The van der Waals surface area contributed by atoms with Crippen molar-refractivity contribution >= 4 is 23.3 Å². The molecule has 0 radical (unpaired) electrons. The molecule has 18 heavy (non-hydrogen) atoms. The van der Waals surface area contributed by atoms with Gasteiger partial charge in [0.15, 0.2) is 0 Å². The first-order valence-corrected chi connectivity index (χ1v) is 5.50. The van der Waals surface area contributed by atoms with Gasteiger partial charge in [0, 0.05) is 17.7 Å². The van der Waals surface area contributed by atoms with E-state index in [2.05, 4.69) is 11.8 Å². The number of nitrogens with zero attached hydrogens (tertiary/aromatic N) is 1. The molecule has 5 nitrogen and oxygen atoms in total. The summed E-state index contributed by atoms with van der Waals surface area (Å²) in [6.45, 7) is 2.01. The fourth-order valence-corrected chi connectivity index (χ4v) is 1.36. The van der Waals surface area contributed by atoms with Crippen LogP contribution in [-0.2, 0) is 9.53 Å². The van der Waals surface area contributed by atoms with Crippen LogP contribution in [0.3, 0.4) is 0 Å². The highest BCUT2D eigenvalue weighted by atomic mass is 35.5. The Morgan fingerprint density at radius 1 is 1.56 bits per heavy atom. The highest BCUT2D eigenvalue weighted by molar-refractivity contribution is 6.32. The first-order chi connectivity index (χ1) is 8.54. The molecule has 6 heteroatoms. The Balaban J connectivity index is 2.77. The van der Waals surface area contributed by atoms with Gasteiger partial charge in [-0.1, -0.05) is 23.4 Å². The number of ether oxygens (including phenoxy) is 1. The minimum Gasteiger partial charge on any atom is -0.465 e. The maximum Gasteiger partial charge on any atom is 0.317 e. The molecule has 0 spiro atoms. The summed E-state index contributed by atoms with van der Waals surface area (Å²) in [7, 11) is 0. The van der Waals surface area contributed by atoms with Crippen LogP contribution in [0.5, 0.6) is 0 Å². The van der Waals surface area contributed by atoms with Crippen molar-refractivity contribution in [3.05, 3.63) is 38.9 Å². The normalized spacial score (nSPS) is 9.22. The predicted molar refractivity (Wildman–Crippen MR) is 66.2 cm³/mol. The smallest absolute Gasteiger partial charge is 0.317 e. The third kappa shape index (κ3) is 4.07. The number of carbonyl (C=O) groups is 1. The van der Waals surface area contributed by atoms with Gasteiger partial charge in [0.05, 0.1) is 16.6 Å². The molecule has 0 unspecified atom stereocenters. The highest BCUT2D eigenvalue weighted by Gasteiger charge is 2.07. The van der Waals surface area contributed by atoms with Gasteiger partial charge < -0.3 is 4.74 Å². The molecular weight excluding hydrogens is 258 g/mol. The van der Waals surface area contributed by atoms with Crippen LogP contribution in [0, 0.1) is 22.0 Å². The zero-order chi connectivity index (χ0) is 13.5. The van der Waals surface area contributed by atoms with Crippen molar-refractivity contribution in [2.24, 2.45) is 0 Å². The summed E-state index contributed by atoms with van der Waals surface area (Å²) in [5, 5.41) is 10.7. The summed E-state index contributed by atoms with van der Waals surface area (Å²) >= 11 is 5.83. The average molecular weight is 268 g/mol. The number of carbonyl (C=O) groups excluding carboxylic acids is 1. The Hall–Kier alpha value is -2.06. The van der Waals surface area contributed by atoms with E-state index in [1.54, 1.807) is 6.92 Å². The number of hydrogen-bond acceptors (Lipinski definition) is 4. The molecule has 1 aromatic carbocycles. The number of esters is 1. The molecule has 0 bridgehead atoms. The quantitative estimate of drug-likeness (QED) is 0.365. The van der Waals surface area contributed by atoms with Crippen LogP contribution in [0.25, 0.3) is 0 Å². The lowest BCUT2D eigenvalue weighted by Gasteiger charge is -1.96. The van der Waals surface area contributed by atoms with Gasteiger partial charge in [-0.15, -0.1) is 0 Å². The van der Waals surface area contributed by atoms with Crippen LogP contribution in [0.1, 0.15) is 18.9 Å². The number of hydrogen-bond donors (Lipinski definition) is 0. The van der Waals surface area contributed by atoms with Crippen LogP contribution in [0.4, 0.5) is 5.69 Å². The minimum atomic E-state index is -0.540. The zero-order valence-electron chi connectivity index (χ0n) is 9.60. The van der Waals surface area contributed by atoms with E-state index in [0.717, 1.165) is 0 Å². The van der Waals surface area contributed by atoms with Crippen LogP contribution in [0.15, 0.2) is 18.2 Å². The molecule has 0 aliphatic carbocycles. The van der Waals surface area contributed by atoms with E-state index in [4.69, 9.17) is 16.3 Å². The van der Waals surface area contributed by atoms with Crippen molar-refractivity contribution in [1.29, 1.82) is 0 Å². The number of nitro benzene ring substituents is 1. The van der Waals surface area contributed by atoms with Crippen molar-refractivity contribution in [3.63, 3.8) is 0 Å². The molecule has 0 aliphatic heterocycles. The van der Waals surface area contributed by atoms with E-state index in [1.165, 1.54) is 18.2 Å². The summed E-state index contributed by atoms with van der Waals surface area (Å²) < 4.78 is 4.70. The Morgan fingerprint density at radius 3 is 2.83 bits per heavy atom. The van der Waals surface area contributed by atoms with Crippen molar-refractivity contribution < 1.29 is 14.5 Å². The lowest BCUT2D eigenvalue weighted by Crippen LogP contribution is -2.01. The molecule has 0 fully saturated rings. The van der Waals surface area contributed by atoms with Crippen molar-refractivity contribution in [2.75, 3.05) is 6.61 Å². The molecule has 0 aliphatic rings. The Bertz CT molecular complexity index is 531. The summed E-state index contributed by atoms with van der Waals surface area (Å²) in [5.74, 6) is 4.85. The second-order valence-electron chi connectivity index (χ2n) is 3.20. The van der Waals surface area contributed by atoms with E-state index in [1.807, 2.05) is 0 Å². The Kier molecular flexibility index (Phi) is 5.15. The minimum absolute atomic E-state index is 0.0405. The monoisotopic (exact) mass is 267 g/mol. The first kappa shape index (κ1) is 14.0. The van der Waals surface area contributed by atoms with Gasteiger partial charge in [-0.05, 0) is 13.0 Å². The molecule has 1 rings (SSSR count). The topological polar surface area (TPSA) is 69.4 Å². The molecule has 0 heterocycles. The Morgan fingerprint density at radius 2 is 2.28 bits per heavy atom. The average Bonchev–Trinajstić information content (AvgIpc) is 2.31. The van der Waals surface area contributed by atoms with Crippen LogP contribution in [-0.4, -0.2) is 17.5 Å². The number of rotatable bonds is 3. The molecule has 1 aromatic rings. The predicted octanol–water partition coefficient (Wildman–Crippen LogP) is 2.55. The molecule has 0 atom stereocenters. The van der Waals surface area contributed by atoms with Crippen molar-refractivity contribution in [2.45, 2.75) is 13.3 Å². The van der Waals surface area contributed by atoms with Gasteiger partial charge in [-0.3, -0.25) is 14.9 Å². The third-order valence-corrected chi connectivity index (χ3v) is 2.24. The highest BCUT2D eigenvalue weighted by Crippen LogP contribution is 2.21. The molecule has 0 saturated heterocycles. The second kappa shape index (κ2) is 6.62. The van der Waals surface area contributed by atoms with E-state index >= 15 is 0 Å². The molecule has 0 saturated carbocycles. The summed E-state index contributed by atoms with van der Waals surface area (Å²) in [6, 6.07) is 3.97. The van der Waals surface area contributed by atoms with Gasteiger partial charge >= 0.3 is 5.97 Å². The Labute approximate surface area is 109 Å². The second-order valence-corrected chi connectivity index (χ2v) is 3.61. The van der Waals surface area contributed by atoms with Crippen LogP contribution in [0.2, 0.25) is 5.02 Å². The third-order valence-electron chi connectivity index (χ3n) is 1.92. The lowest BCUT2D eigenvalue weighted by atomic mass is 10.2. The van der Waals surface area contributed by atoms with Crippen molar-refractivity contribution in [1.82, 2.24) is 0 Å². The van der Waals surface area contributed by atoms with Crippen LogP contribution < -0.4 is 0 Å². The van der Waals surface area contributed by atoms with E-state index < -0.39 is 10.9 Å². The van der Waals surface area contributed by atoms with Gasteiger partial charge in [-0.2, -0.15) is 0 Å². The number of benzene rings is 1. The molecular formula is C12H10ClNO4. The number of halogens is 1. The maximum absolute atomic E-state index is 11.0. The van der Waals surface area contributed by atoms with Crippen molar-refractivity contribution in [3.8, 4) is 11.8 Å². The molecule has 94 valence electrons. The fourth-order valence-electron chi connectivity index (χ4n) is 1.14. The van der Waals surface area contributed by atoms with Gasteiger partial charge in [0.1, 0.15) is 6.42 Å². The fraction of sp³-hybridized carbons (Fsp3) is 0.250. The summed E-state index contributed by atoms with van der Waals surface area (Å²) in [6.07, 6.45) is -0.0405. The summed E-state index contributed by atoms with van der Waals surface area (Å²) in [4.78, 5) is 21.0. The standard InChI is InChI=1S/C12H10ClNO4/c1-2-18-12(15)5-3-4-9-6-7-10(14(16)17)8-11(9)13/h6-8H,2,5H2,1H3. The van der Waals surface area contributed by atoms with E-state index in [-0.39, 0.29) is 17.1 Å². The molecule has 0 N–H and O–H groups in total. The largest absolute Gasteiger partial charge is 0.465 e. The van der Waals surface area contributed by atoms with Gasteiger partial charge in [-0.25, -0.2) is 0 Å². The van der Waals surface area contributed by atoms with E-state index in [0.29, 0.717) is 12.2 Å². The SMILES string of the molecule is CCOC(=O)CC#Cc1ccc([N+](=O)[O-])cc1Cl. The summed E-state index contributed by atoms with van der Waals surface area (Å²) in [5.41, 5.74) is 0.336. The molecule has 0 amide bonds. The lowest BCUT2D eigenvalue weighted by molar-refractivity contribution is -0.384. The number of non-ortho nitro benzene ring substituents is 1. The van der Waals surface area contributed by atoms with Gasteiger partial charge in [0.25, 0.3) is 5.69 Å². The number of nitro groups is 1. The maximum atomic E-state index is 11.0. The van der Waals surface area contributed by atoms with E-state index in [9.17, 15) is 14.9 Å². The van der Waals surface area contributed by atoms with Crippen LogP contribution >= 0.6 is 11.6 Å². The first-order valence-electron chi connectivity index (χ1n) is 5.13. The zero-order valence-corrected chi connectivity index (χ0v) is 10.4.